The van der Waals surface area contributed by atoms with Crippen molar-refractivity contribution >= 4 is 28.6 Å². The van der Waals surface area contributed by atoms with E-state index in [1.54, 1.807) is 6.07 Å². The van der Waals surface area contributed by atoms with Crippen LogP contribution in [0.3, 0.4) is 0 Å². The zero-order valence-corrected chi connectivity index (χ0v) is 14.9. The molecule has 0 aliphatic rings. The number of ether oxygens (including phenoxy) is 1. The molecule has 27 heavy (non-hydrogen) atoms. The van der Waals surface area contributed by atoms with Crippen LogP contribution >= 0.6 is 0 Å². The van der Waals surface area contributed by atoms with Crippen LogP contribution in [0.1, 0.15) is 23.0 Å². The quantitative estimate of drug-likeness (QED) is 0.631. The number of amides is 1. The van der Waals surface area contributed by atoms with Crippen molar-refractivity contribution < 1.29 is 19.1 Å². The highest BCUT2D eigenvalue weighted by Crippen LogP contribution is 2.15. The number of Topliss-reactive ketones (excluding diaryl/α,β-unsaturated/α-hetero) is 1. The minimum atomic E-state index is -0.660. The summed E-state index contributed by atoms with van der Waals surface area (Å²) in [6.07, 6.45) is 0.387. The largest absolute Gasteiger partial charge is 0.451 e. The third-order valence-electron chi connectivity index (χ3n) is 4.19. The Morgan fingerprint density at radius 1 is 1.04 bits per heavy atom. The van der Waals surface area contributed by atoms with Crippen molar-refractivity contribution in [1.29, 1.82) is 0 Å². The Hall–Kier alpha value is -3.41. The van der Waals surface area contributed by atoms with Gasteiger partial charge in [-0.2, -0.15) is 0 Å². The summed E-state index contributed by atoms with van der Waals surface area (Å²) >= 11 is 0. The smallest absolute Gasteiger partial charge is 0.355 e. The molecular formula is C21H20N2O4. The molecule has 6 nitrogen and oxygen atoms in total. The predicted octanol–water partition coefficient (Wildman–Crippen LogP) is 2.64. The second-order valence-corrected chi connectivity index (χ2v) is 6.27. The number of aromatic nitrogens is 1. The fourth-order valence-corrected chi connectivity index (χ4v) is 2.77. The van der Waals surface area contributed by atoms with Gasteiger partial charge in [-0.1, -0.05) is 48.5 Å². The molecule has 2 aromatic carbocycles. The Bertz CT molecular complexity index is 929. The third-order valence-corrected chi connectivity index (χ3v) is 4.19. The van der Waals surface area contributed by atoms with Crippen LogP contribution in [0.4, 0.5) is 0 Å². The third kappa shape index (κ3) is 4.82. The minimum absolute atomic E-state index is 0.158. The zero-order chi connectivity index (χ0) is 19.2. The highest BCUT2D eigenvalue weighted by molar-refractivity contribution is 5.96. The molecule has 0 fully saturated rings. The summed E-state index contributed by atoms with van der Waals surface area (Å²) in [5, 5.41) is 3.51. The summed E-state index contributed by atoms with van der Waals surface area (Å²) < 4.78 is 5.06. The van der Waals surface area contributed by atoms with E-state index in [1.807, 2.05) is 54.6 Å². The van der Waals surface area contributed by atoms with Gasteiger partial charge in [0.15, 0.2) is 12.4 Å². The van der Waals surface area contributed by atoms with Crippen LogP contribution in [0.15, 0.2) is 60.7 Å². The minimum Gasteiger partial charge on any atom is -0.451 e. The lowest BCUT2D eigenvalue weighted by Crippen LogP contribution is -2.43. The highest BCUT2D eigenvalue weighted by atomic mass is 16.5. The first-order valence-corrected chi connectivity index (χ1v) is 8.61. The van der Waals surface area contributed by atoms with Crippen molar-refractivity contribution in [2.75, 3.05) is 6.61 Å². The Kier molecular flexibility index (Phi) is 5.66. The van der Waals surface area contributed by atoms with Gasteiger partial charge in [-0.15, -0.1) is 0 Å². The van der Waals surface area contributed by atoms with Gasteiger partial charge >= 0.3 is 5.97 Å². The Labute approximate surface area is 156 Å². The van der Waals surface area contributed by atoms with E-state index in [1.165, 1.54) is 6.92 Å². The van der Waals surface area contributed by atoms with Crippen LogP contribution in [0.5, 0.6) is 0 Å². The first-order valence-electron chi connectivity index (χ1n) is 8.61. The molecule has 0 radical (unpaired) electrons. The second-order valence-electron chi connectivity index (χ2n) is 6.27. The number of benzene rings is 2. The molecular weight excluding hydrogens is 344 g/mol. The fraction of sp³-hybridized carbons (Fsp3) is 0.190. The number of hydrogen-bond donors (Lipinski definition) is 2. The second kappa shape index (κ2) is 8.31. The molecule has 2 N–H and O–H groups in total. The lowest BCUT2D eigenvalue weighted by atomic mass is 10.0. The van der Waals surface area contributed by atoms with Crippen molar-refractivity contribution in [1.82, 2.24) is 10.3 Å². The number of nitrogens with one attached hydrogen (secondary N) is 2. The lowest BCUT2D eigenvalue weighted by Gasteiger charge is -2.16. The maximum absolute atomic E-state index is 12.1. The molecule has 138 valence electrons. The molecule has 0 saturated carbocycles. The highest BCUT2D eigenvalue weighted by Gasteiger charge is 2.19. The molecule has 3 aromatic rings. The summed E-state index contributed by atoms with van der Waals surface area (Å²) in [6.45, 7) is 0.969. The van der Waals surface area contributed by atoms with Crippen LogP contribution in [0, 0.1) is 0 Å². The number of carbonyl (C=O) groups is 3. The van der Waals surface area contributed by atoms with Crippen molar-refractivity contribution in [3.05, 3.63) is 71.9 Å². The summed E-state index contributed by atoms with van der Waals surface area (Å²) in [4.78, 5) is 39.0. The van der Waals surface area contributed by atoms with Gasteiger partial charge in [-0.25, -0.2) is 4.79 Å². The van der Waals surface area contributed by atoms with Gasteiger partial charge in [-0.3, -0.25) is 9.59 Å². The number of rotatable bonds is 7. The number of fused-ring (bicyclic) bond motifs is 1. The summed E-state index contributed by atoms with van der Waals surface area (Å²) in [7, 11) is 0. The Morgan fingerprint density at radius 2 is 1.74 bits per heavy atom. The van der Waals surface area contributed by atoms with E-state index < -0.39 is 24.5 Å². The number of aromatic amines is 1. The van der Waals surface area contributed by atoms with Gasteiger partial charge in [-0.05, 0) is 31.0 Å². The van der Waals surface area contributed by atoms with E-state index in [-0.39, 0.29) is 11.5 Å². The molecule has 0 aliphatic carbocycles. The Balaban J connectivity index is 1.55. The van der Waals surface area contributed by atoms with Crippen molar-refractivity contribution in [3.8, 4) is 0 Å². The van der Waals surface area contributed by atoms with E-state index in [9.17, 15) is 14.4 Å². The van der Waals surface area contributed by atoms with E-state index in [2.05, 4.69) is 10.3 Å². The molecule has 6 heteroatoms. The SMILES string of the molecule is CC(=O)[C@H](Cc1ccccc1)NC(=O)COC(=O)c1cc2ccccc2[nH]1. The average molecular weight is 364 g/mol. The Morgan fingerprint density at radius 3 is 2.44 bits per heavy atom. The summed E-state index contributed by atoms with van der Waals surface area (Å²) in [6, 6.07) is 17.9. The van der Waals surface area contributed by atoms with Crippen LogP contribution in [0.2, 0.25) is 0 Å². The lowest BCUT2D eigenvalue weighted by molar-refractivity contribution is -0.128. The van der Waals surface area contributed by atoms with Crippen LogP contribution < -0.4 is 5.32 Å². The monoisotopic (exact) mass is 364 g/mol. The van der Waals surface area contributed by atoms with Gasteiger partial charge in [0.05, 0.1) is 6.04 Å². The number of para-hydroxylation sites is 1. The zero-order valence-electron chi connectivity index (χ0n) is 14.9. The van der Waals surface area contributed by atoms with Crippen LogP contribution in [-0.2, 0) is 20.7 Å². The molecule has 0 spiro atoms. The topological polar surface area (TPSA) is 88.3 Å². The molecule has 0 bridgehead atoms. The van der Waals surface area contributed by atoms with Crippen molar-refractivity contribution in [2.24, 2.45) is 0 Å². The maximum Gasteiger partial charge on any atom is 0.355 e. The molecule has 0 unspecified atom stereocenters. The summed E-state index contributed by atoms with van der Waals surface area (Å²) in [5.41, 5.74) is 2.03. The van der Waals surface area contributed by atoms with Crippen LogP contribution in [-0.4, -0.2) is 35.3 Å². The molecule has 1 atom stereocenters. The molecule has 1 aromatic heterocycles. The van der Waals surface area contributed by atoms with E-state index in [0.29, 0.717) is 6.42 Å². The number of H-pyrrole nitrogens is 1. The number of esters is 1. The van der Waals surface area contributed by atoms with Gasteiger partial charge in [0.1, 0.15) is 5.69 Å². The predicted molar refractivity (Wildman–Crippen MR) is 101 cm³/mol. The van der Waals surface area contributed by atoms with Gasteiger partial charge < -0.3 is 15.0 Å². The maximum atomic E-state index is 12.1. The summed E-state index contributed by atoms with van der Waals surface area (Å²) in [5.74, 6) is -1.30. The number of carbonyl (C=O) groups excluding carboxylic acids is 3. The molecule has 0 saturated heterocycles. The number of ketones is 1. The molecule has 1 amide bonds. The first kappa shape index (κ1) is 18.4. The van der Waals surface area contributed by atoms with Crippen molar-refractivity contribution in [3.63, 3.8) is 0 Å². The van der Waals surface area contributed by atoms with Gasteiger partial charge in [0, 0.05) is 10.9 Å². The van der Waals surface area contributed by atoms with Gasteiger partial charge in [0.25, 0.3) is 5.91 Å². The average Bonchev–Trinajstić information content (AvgIpc) is 3.10. The molecule has 3 rings (SSSR count). The normalized spacial score (nSPS) is 11.7. The number of hydrogen-bond acceptors (Lipinski definition) is 4. The van der Waals surface area contributed by atoms with E-state index in [0.717, 1.165) is 16.5 Å². The first-order chi connectivity index (χ1) is 13.0. The standard InChI is InChI=1S/C21H20N2O4/c1-14(24)18(11-15-7-3-2-4-8-15)23-20(25)13-27-21(26)19-12-16-9-5-6-10-17(16)22-19/h2-10,12,18,22H,11,13H2,1H3,(H,23,25)/t18-/m0/s1. The van der Waals surface area contributed by atoms with Crippen LogP contribution in [0.25, 0.3) is 10.9 Å². The fourth-order valence-electron chi connectivity index (χ4n) is 2.77. The molecule has 0 aliphatic heterocycles. The van der Waals surface area contributed by atoms with Crippen molar-refractivity contribution in [2.45, 2.75) is 19.4 Å². The van der Waals surface area contributed by atoms with E-state index >= 15 is 0 Å². The van der Waals surface area contributed by atoms with E-state index in [4.69, 9.17) is 4.74 Å². The molecule has 1 heterocycles. The van der Waals surface area contributed by atoms with Gasteiger partial charge in [0.2, 0.25) is 0 Å².